The lowest BCUT2D eigenvalue weighted by atomic mass is 9.86. The maximum absolute atomic E-state index is 12.4. The van der Waals surface area contributed by atoms with Gasteiger partial charge in [0.15, 0.2) is 11.7 Å². The van der Waals surface area contributed by atoms with Gasteiger partial charge in [0.25, 0.3) is 5.91 Å². The zero-order valence-electron chi connectivity index (χ0n) is 17.3. The lowest BCUT2D eigenvalue weighted by Crippen LogP contribution is -2.21. The van der Waals surface area contributed by atoms with E-state index in [-0.39, 0.29) is 17.9 Å². The Kier molecular flexibility index (Phi) is 6.96. The zero-order chi connectivity index (χ0) is 21.0. The topological polar surface area (TPSA) is 51.2 Å². The standard InChI is InChI=1S/C23H27BrN2O2S/c1-5-6-7-15-8-10-18-20(12-15)29-22(25-18)26-21(27)14-28-19-11-9-16(24)13-17(19)23(2,3)4/h8-13H,5-7,14H2,1-4H3,(H,25,26,27). The van der Waals surface area contributed by atoms with Gasteiger partial charge in [-0.25, -0.2) is 4.98 Å². The highest BCUT2D eigenvalue weighted by molar-refractivity contribution is 9.10. The number of unbranched alkanes of at least 4 members (excludes halogenated alkanes) is 1. The maximum atomic E-state index is 12.4. The molecule has 0 atom stereocenters. The second-order valence-electron chi connectivity index (χ2n) is 8.15. The number of hydrogen-bond donors (Lipinski definition) is 1. The summed E-state index contributed by atoms with van der Waals surface area (Å²) in [5, 5.41) is 3.47. The van der Waals surface area contributed by atoms with Crippen molar-refractivity contribution in [3.63, 3.8) is 0 Å². The average molecular weight is 475 g/mol. The Morgan fingerprint density at radius 1 is 1.21 bits per heavy atom. The van der Waals surface area contributed by atoms with Crippen LogP contribution < -0.4 is 10.1 Å². The van der Waals surface area contributed by atoms with Crippen molar-refractivity contribution in [3.8, 4) is 5.75 Å². The number of thiazole rings is 1. The fourth-order valence-electron chi connectivity index (χ4n) is 3.07. The number of rotatable bonds is 7. The van der Waals surface area contributed by atoms with Crippen LogP contribution >= 0.6 is 27.3 Å². The minimum Gasteiger partial charge on any atom is -0.483 e. The van der Waals surface area contributed by atoms with E-state index in [0.717, 1.165) is 32.4 Å². The maximum Gasteiger partial charge on any atom is 0.264 e. The number of benzene rings is 2. The van der Waals surface area contributed by atoms with E-state index in [2.05, 4.69) is 66.1 Å². The fourth-order valence-corrected chi connectivity index (χ4v) is 4.38. The van der Waals surface area contributed by atoms with Gasteiger partial charge in [-0.3, -0.25) is 10.1 Å². The minimum atomic E-state index is -0.210. The van der Waals surface area contributed by atoms with E-state index in [9.17, 15) is 4.79 Å². The fraction of sp³-hybridized carbons (Fsp3) is 0.391. The molecule has 4 nitrogen and oxygen atoms in total. The molecule has 1 N–H and O–H groups in total. The van der Waals surface area contributed by atoms with E-state index >= 15 is 0 Å². The van der Waals surface area contributed by atoms with Gasteiger partial charge < -0.3 is 4.74 Å². The molecule has 2 aromatic carbocycles. The summed E-state index contributed by atoms with van der Waals surface area (Å²) in [5.74, 6) is 0.513. The van der Waals surface area contributed by atoms with Crippen molar-refractivity contribution in [1.29, 1.82) is 0 Å². The van der Waals surface area contributed by atoms with Crippen molar-refractivity contribution in [3.05, 3.63) is 52.0 Å². The Hall–Kier alpha value is -1.92. The number of hydrogen-bond acceptors (Lipinski definition) is 4. The van der Waals surface area contributed by atoms with Gasteiger partial charge in [-0.15, -0.1) is 0 Å². The van der Waals surface area contributed by atoms with Crippen LogP contribution in [0.3, 0.4) is 0 Å². The largest absolute Gasteiger partial charge is 0.483 e. The molecule has 0 unspecified atom stereocenters. The third-order valence-corrected chi connectivity index (χ3v) is 6.05. The molecule has 0 aliphatic heterocycles. The van der Waals surface area contributed by atoms with Gasteiger partial charge in [0.1, 0.15) is 5.75 Å². The van der Waals surface area contributed by atoms with Crippen LogP contribution in [-0.4, -0.2) is 17.5 Å². The quantitative estimate of drug-likeness (QED) is 0.413. The van der Waals surface area contributed by atoms with Gasteiger partial charge in [-0.2, -0.15) is 0 Å². The molecule has 0 bridgehead atoms. The number of carbonyl (C=O) groups excluding carboxylic acids is 1. The molecule has 0 aliphatic rings. The van der Waals surface area contributed by atoms with E-state index in [1.54, 1.807) is 0 Å². The normalized spacial score (nSPS) is 11.6. The van der Waals surface area contributed by atoms with Crippen LogP contribution in [-0.2, 0) is 16.6 Å². The van der Waals surface area contributed by atoms with Gasteiger partial charge in [-0.05, 0) is 54.2 Å². The van der Waals surface area contributed by atoms with Crippen molar-refractivity contribution >= 4 is 48.5 Å². The summed E-state index contributed by atoms with van der Waals surface area (Å²) in [5.41, 5.74) is 3.20. The number of halogens is 1. The van der Waals surface area contributed by atoms with Crippen LogP contribution in [0.1, 0.15) is 51.7 Å². The van der Waals surface area contributed by atoms with Crippen LogP contribution in [0.4, 0.5) is 5.13 Å². The SMILES string of the molecule is CCCCc1ccc2nc(NC(=O)COc3ccc(Br)cc3C(C)(C)C)sc2c1. The van der Waals surface area contributed by atoms with E-state index < -0.39 is 0 Å². The molecule has 0 saturated heterocycles. The molecule has 1 aromatic heterocycles. The van der Waals surface area contributed by atoms with Crippen LogP contribution in [0.25, 0.3) is 10.2 Å². The first kappa shape index (κ1) is 21.8. The Morgan fingerprint density at radius 3 is 2.72 bits per heavy atom. The second kappa shape index (κ2) is 9.26. The van der Waals surface area contributed by atoms with Crippen LogP contribution in [0.15, 0.2) is 40.9 Å². The summed E-state index contributed by atoms with van der Waals surface area (Å²) in [4.78, 5) is 16.9. The summed E-state index contributed by atoms with van der Waals surface area (Å²) in [6.45, 7) is 8.51. The number of anilines is 1. The average Bonchev–Trinajstić information content (AvgIpc) is 3.05. The first-order valence-electron chi connectivity index (χ1n) is 9.88. The van der Waals surface area contributed by atoms with Gasteiger partial charge in [0, 0.05) is 10.0 Å². The first-order valence-corrected chi connectivity index (χ1v) is 11.5. The molecular weight excluding hydrogens is 448 g/mol. The number of fused-ring (bicyclic) bond motifs is 1. The molecule has 1 heterocycles. The molecule has 1 amide bonds. The van der Waals surface area contributed by atoms with E-state index in [4.69, 9.17) is 4.74 Å². The number of nitrogens with one attached hydrogen (secondary N) is 1. The Labute approximate surface area is 184 Å². The minimum absolute atomic E-state index is 0.0532. The highest BCUT2D eigenvalue weighted by Gasteiger charge is 2.20. The third kappa shape index (κ3) is 5.80. The predicted molar refractivity (Wildman–Crippen MR) is 125 cm³/mol. The molecule has 3 rings (SSSR count). The predicted octanol–water partition coefficient (Wildman–Crippen LogP) is 6.72. The van der Waals surface area contributed by atoms with Crippen molar-refractivity contribution in [2.24, 2.45) is 0 Å². The lowest BCUT2D eigenvalue weighted by molar-refractivity contribution is -0.118. The van der Waals surface area contributed by atoms with Gasteiger partial charge in [0.05, 0.1) is 10.2 Å². The molecular formula is C23H27BrN2O2S. The number of aromatic nitrogens is 1. The molecule has 0 saturated carbocycles. The van der Waals surface area contributed by atoms with Crippen LogP contribution in [0, 0.1) is 0 Å². The number of amides is 1. The Balaban J connectivity index is 1.65. The molecule has 6 heteroatoms. The highest BCUT2D eigenvalue weighted by Crippen LogP contribution is 2.33. The summed E-state index contributed by atoms with van der Waals surface area (Å²) in [6, 6.07) is 12.2. The smallest absolute Gasteiger partial charge is 0.264 e. The van der Waals surface area contributed by atoms with E-state index in [1.807, 2.05) is 24.3 Å². The van der Waals surface area contributed by atoms with Crippen molar-refractivity contribution in [1.82, 2.24) is 4.98 Å². The number of carbonyl (C=O) groups is 1. The third-order valence-electron chi connectivity index (χ3n) is 4.63. The summed E-state index contributed by atoms with van der Waals surface area (Å²) in [6.07, 6.45) is 3.43. The monoisotopic (exact) mass is 474 g/mol. The Bertz CT molecular complexity index is 1010. The first-order chi connectivity index (χ1) is 13.8. The molecule has 154 valence electrons. The molecule has 0 fully saturated rings. The van der Waals surface area contributed by atoms with Gasteiger partial charge in [0.2, 0.25) is 0 Å². The van der Waals surface area contributed by atoms with Crippen molar-refractivity contribution in [2.75, 3.05) is 11.9 Å². The Morgan fingerprint density at radius 2 is 2.00 bits per heavy atom. The van der Waals surface area contributed by atoms with Crippen LogP contribution in [0.2, 0.25) is 0 Å². The van der Waals surface area contributed by atoms with E-state index in [1.165, 1.54) is 29.7 Å². The van der Waals surface area contributed by atoms with Gasteiger partial charge in [-0.1, -0.05) is 67.4 Å². The number of aryl methyl sites for hydroxylation is 1. The summed E-state index contributed by atoms with van der Waals surface area (Å²) >= 11 is 5.01. The van der Waals surface area contributed by atoms with Crippen LogP contribution in [0.5, 0.6) is 5.75 Å². The van der Waals surface area contributed by atoms with Crippen molar-refractivity contribution in [2.45, 2.75) is 52.4 Å². The molecule has 0 radical (unpaired) electrons. The highest BCUT2D eigenvalue weighted by atomic mass is 79.9. The molecule has 3 aromatic rings. The number of ether oxygens (including phenoxy) is 1. The number of nitrogens with zero attached hydrogens (tertiary/aromatic N) is 1. The zero-order valence-corrected chi connectivity index (χ0v) is 19.7. The van der Waals surface area contributed by atoms with Crippen molar-refractivity contribution < 1.29 is 9.53 Å². The second-order valence-corrected chi connectivity index (χ2v) is 10.1. The summed E-state index contributed by atoms with van der Waals surface area (Å²) in [7, 11) is 0. The molecule has 0 spiro atoms. The summed E-state index contributed by atoms with van der Waals surface area (Å²) < 4.78 is 7.92. The lowest BCUT2D eigenvalue weighted by Gasteiger charge is -2.23. The molecule has 0 aliphatic carbocycles. The molecule has 29 heavy (non-hydrogen) atoms. The van der Waals surface area contributed by atoms with Gasteiger partial charge >= 0.3 is 0 Å². The van der Waals surface area contributed by atoms with E-state index in [0.29, 0.717) is 5.13 Å².